The van der Waals surface area contributed by atoms with Crippen LogP contribution in [0.25, 0.3) is 6.08 Å². The Morgan fingerprint density at radius 3 is 2.94 bits per heavy atom. The number of rotatable bonds is 2. The van der Waals surface area contributed by atoms with Crippen molar-refractivity contribution in [3.8, 4) is 0 Å². The van der Waals surface area contributed by atoms with E-state index in [1.165, 1.54) is 0 Å². The van der Waals surface area contributed by atoms with Crippen molar-refractivity contribution >= 4 is 62.3 Å². The number of halogens is 2. The van der Waals surface area contributed by atoms with Gasteiger partial charge in [-0.05, 0) is 35.2 Å². The van der Waals surface area contributed by atoms with Crippen molar-refractivity contribution in [1.29, 1.82) is 0 Å². The SMILES string of the molecule is CCSC1=N/C(=C/c2cccc(Cl)c2Cl)C(=O)S1. The van der Waals surface area contributed by atoms with Gasteiger partial charge in [0, 0.05) is 0 Å². The summed E-state index contributed by atoms with van der Waals surface area (Å²) in [6.07, 6.45) is 1.67. The molecule has 2 rings (SSSR count). The fourth-order valence-electron chi connectivity index (χ4n) is 1.35. The average molecular weight is 318 g/mol. The van der Waals surface area contributed by atoms with Crippen LogP contribution in [-0.4, -0.2) is 15.2 Å². The summed E-state index contributed by atoms with van der Waals surface area (Å²) in [4.78, 5) is 16.0. The topological polar surface area (TPSA) is 29.4 Å². The molecule has 1 heterocycles. The van der Waals surface area contributed by atoms with E-state index < -0.39 is 0 Å². The van der Waals surface area contributed by atoms with E-state index >= 15 is 0 Å². The highest BCUT2D eigenvalue weighted by molar-refractivity contribution is 8.45. The summed E-state index contributed by atoms with van der Waals surface area (Å²) in [6, 6.07) is 5.30. The third-order valence-corrected chi connectivity index (χ3v) is 4.87. The van der Waals surface area contributed by atoms with Crippen molar-refractivity contribution in [3.05, 3.63) is 39.5 Å². The number of nitrogens with zero attached hydrogens (tertiary/aromatic N) is 1. The molecule has 1 aromatic rings. The number of thioether (sulfide) groups is 2. The number of hydrogen-bond acceptors (Lipinski definition) is 4. The van der Waals surface area contributed by atoms with Gasteiger partial charge in [-0.25, -0.2) is 4.99 Å². The maximum Gasteiger partial charge on any atom is 0.244 e. The highest BCUT2D eigenvalue weighted by Gasteiger charge is 2.22. The van der Waals surface area contributed by atoms with Gasteiger partial charge in [0.05, 0.1) is 10.0 Å². The minimum Gasteiger partial charge on any atom is -0.279 e. The highest BCUT2D eigenvalue weighted by atomic mass is 35.5. The van der Waals surface area contributed by atoms with Crippen LogP contribution in [0.1, 0.15) is 12.5 Å². The maximum absolute atomic E-state index is 11.8. The lowest BCUT2D eigenvalue weighted by atomic mass is 10.2. The largest absolute Gasteiger partial charge is 0.279 e. The predicted molar refractivity (Wildman–Crippen MR) is 82.6 cm³/mol. The Kier molecular flexibility index (Phi) is 4.78. The van der Waals surface area contributed by atoms with E-state index in [0.717, 1.165) is 21.9 Å². The molecular weight excluding hydrogens is 309 g/mol. The molecule has 0 radical (unpaired) electrons. The molecule has 18 heavy (non-hydrogen) atoms. The van der Waals surface area contributed by atoms with Crippen LogP contribution in [0.15, 0.2) is 28.9 Å². The molecule has 1 aromatic carbocycles. The van der Waals surface area contributed by atoms with E-state index in [1.807, 2.05) is 6.92 Å². The van der Waals surface area contributed by atoms with E-state index in [2.05, 4.69) is 4.99 Å². The van der Waals surface area contributed by atoms with Crippen LogP contribution in [0.3, 0.4) is 0 Å². The molecule has 0 atom stereocenters. The second-order valence-corrected chi connectivity index (χ2v) is 6.63. The Bertz CT molecular complexity index is 555. The van der Waals surface area contributed by atoms with Gasteiger partial charge in [0.2, 0.25) is 5.12 Å². The number of aliphatic imine (C=N–C) groups is 1. The molecule has 6 heteroatoms. The lowest BCUT2D eigenvalue weighted by molar-refractivity contribution is -0.107. The van der Waals surface area contributed by atoms with Crippen LogP contribution in [0.5, 0.6) is 0 Å². The van der Waals surface area contributed by atoms with Crippen molar-refractivity contribution in [2.24, 2.45) is 4.99 Å². The fraction of sp³-hybridized carbons (Fsp3) is 0.167. The van der Waals surface area contributed by atoms with Gasteiger partial charge in [0.15, 0.2) is 0 Å². The molecule has 1 aliphatic heterocycles. The van der Waals surface area contributed by atoms with Gasteiger partial charge >= 0.3 is 0 Å². The predicted octanol–water partition coefficient (Wildman–Crippen LogP) is 4.72. The van der Waals surface area contributed by atoms with Gasteiger partial charge in [-0.15, -0.1) is 0 Å². The zero-order chi connectivity index (χ0) is 13.1. The monoisotopic (exact) mass is 317 g/mol. The fourth-order valence-corrected chi connectivity index (χ4v) is 3.45. The summed E-state index contributed by atoms with van der Waals surface area (Å²) in [6.45, 7) is 2.02. The number of carbonyl (C=O) groups excluding carboxylic acids is 1. The number of hydrogen-bond donors (Lipinski definition) is 0. The van der Waals surface area contributed by atoms with Crippen LogP contribution < -0.4 is 0 Å². The summed E-state index contributed by atoms with van der Waals surface area (Å²) in [5.41, 5.74) is 1.12. The Hall–Kier alpha value is -0.420. The molecule has 0 amide bonds. The summed E-state index contributed by atoms with van der Waals surface area (Å²) in [7, 11) is 0. The van der Waals surface area contributed by atoms with Gasteiger partial charge in [0.1, 0.15) is 10.1 Å². The zero-order valence-corrected chi connectivity index (χ0v) is 12.6. The summed E-state index contributed by atoms with van der Waals surface area (Å²) in [5.74, 6) is 0.893. The minimum atomic E-state index is -0.0537. The van der Waals surface area contributed by atoms with Crippen molar-refractivity contribution in [2.45, 2.75) is 6.92 Å². The van der Waals surface area contributed by atoms with Crippen LogP contribution in [0, 0.1) is 0 Å². The smallest absolute Gasteiger partial charge is 0.244 e. The van der Waals surface area contributed by atoms with E-state index in [1.54, 1.807) is 36.0 Å². The van der Waals surface area contributed by atoms with Crippen LogP contribution in [0.4, 0.5) is 0 Å². The van der Waals surface area contributed by atoms with Gasteiger partial charge in [-0.3, -0.25) is 4.79 Å². The van der Waals surface area contributed by atoms with Gasteiger partial charge in [0.25, 0.3) is 0 Å². The zero-order valence-electron chi connectivity index (χ0n) is 9.44. The Morgan fingerprint density at radius 2 is 2.22 bits per heavy atom. The van der Waals surface area contributed by atoms with Crippen LogP contribution >= 0.6 is 46.7 Å². The molecule has 94 valence electrons. The van der Waals surface area contributed by atoms with Crippen molar-refractivity contribution in [1.82, 2.24) is 0 Å². The molecule has 2 nitrogen and oxygen atoms in total. The van der Waals surface area contributed by atoms with Crippen molar-refractivity contribution < 1.29 is 4.79 Å². The first-order valence-corrected chi connectivity index (χ1v) is 7.77. The molecule has 0 unspecified atom stereocenters. The average Bonchev–Trinajstić information content (AvgIpc) is 2.66. The molecule has 1 aliphatic rings. The normalized spacial score (nSPS) is 17.4. The molecule has 0 fully saturated rings. The number of benzene rings is 1. The van der Waals surface area contributed by atoms with E-state index in [0.29, 0.717) is 21.3 Å². The first-order chi connectivity index (χ1) is 8.61. The molecule has 0 bridgehead atoms. The minimum absolute atomic E-state index is 0.0537. The van der Waals surface area contributed by atoms with Crippen molar-refractivity contribution in [3.63, 3.8) is 0 Å². The molecule has 0 aromatic heterocycles. The molecule has 0 saturated carbocycles. The van der Waals surface area contributed by atoms with Crippen molar-refractivity contribution in [2.75, 3.05) is 5.75 Å². The molecule has 0 N–H and O–H groups in total. The molecule has 0 spiro atoms. The second kappa shape index (κ2) is 6.15. The first kappa shape index (κ1) is 14.0. The lowest BCUT2D eigenvalue weighted by Crippen LogP contribution is -1.88. The van der Waals surface area contributed by atoms with Crippen LogP contribution in [0.2, 0.25) is 10.0 Å². The first-order valence-electron chi connectivity index (χ1n) is 5.21. The quantitative estimate of drug-likeness (QED) is 0.739. The third-order valence-electron chi connectivity index (χ3n) is 2.14. The van der Waals surface area contributed by atoms with E-state index in [4.69, 9.17) is 23.2 Å². The van der Waals surface area contributed by atoms with Gasteiger partial charge in [-0.1, -0.05) is 54.0 Å². The standard InChI is InChI=1S/C12H9Cl2NOS2/c1-2-17-12-15-9(11(16)18-12)6-7-4-3-5-8(13)10(7)14/h3-6H,2H2,1H3/b9-6+. The van der Waals surface area contributed by atoms with E-state index in [9.17, 15) is 4.79 Å². The van der Waals surface area contributed by atoms with Gasteiger partial charge < -0.3 is 0 Å². The van der Waals surface area contributed by atoms with E-state index in [-0.39, 0.29) is 5.12 Å². The summed E-state index contributed by atoms with van der Waals surface area (Å²) in [5, 5.41) is 0.856. The Labute approximate surface area is 124 Å². The summed E-state index contributed by atoms with van der Waals surface area (Å²) >= 11 is 14.7. The third kappa shape index (κ3) is 3.12. The molecule has 0 aliphatic carbocycles. The second-order valence-electron chi connectivity index (χ2n) is 3.37. The molecular formula is C12H9Cl2NOS2. The van der Waals surface area contributed by atoms with Crippen LogP contribution in [-0.2, 0) is 4.79 Å². The summed E-state index contributed by atoms with van der Waals surface area (Å²) < 4.78 is 0.784. The maximum atomic E-state index is 11.8. The lowest BCUT2D eigenvalue weighted by Gasteiger charge is -2.00. The highest BCUT2D eigenvalue weighted by Crippen LogP contribution is 2.33. The Balaban J connectivity index is 2.33. The molecule has 0 saturated heterocycles. The van der Waals surface area contributed by atoms with Gasteiger partial charge in [-0.2, -0.15) is 0 Å². The number of carbonyl (C=O) groups is 1. The Morgan fingerprint density at radius 1 is 1.44 bits per heavy atom.